The lowest BCUT2D eigenvalue weighted by Crippen LogP contribution is -2.51. The first-order valence-electron chi connectivity index (χ1n) is 13.9. The number of nitrogens with one attached hydrogen (secondary N) is 1. The number of benzene rings is 1. The molecule has 206 valence electrons. The van der Waals surface area contributed by atoms with Gasteiger partial charge in [0.15, 0.2) is 5.78 Å². The lowest BCUT2D eigenvalue weighted by atomic mass is 9.97. The highest BCUT2D eigenvalue weighted by Gasteiger charge is 2.27. The van der Waals surface area contributed by atoms with E-state index < -0.39 is 0 Å². The Morgan fingerprint density at radius 1 is 1.13 bits per heavy atom. The number of aryl methyl sites for hydroxylation is 2. The van der Waals surface area contributed by atoms with Crippen LogP contribution < -0.4 is 4.74 Å². The van der Waals surface area contributed by atoms with Crippen LogP contribution in [0.1, 0.15) is 42.8 Å². The number of aromatic nitrogens is 5. The van der Waals surface area contributed by atoms with Crippen LogP contribution in [-0.4, -0.2) is 86.2 Å². The van der Waals surface area contributed by atoms with Gasteiger partial charge in [0.25, 0.3) is 0 Å². The van der Waals surface area contributed by atoms with E-state index in [0.29, 0.717) is 31.2 Å². The summed E-state index contributed by atoms with van der Waals surface area (Å²) in [4.78, 5) is 31.2. The molecule has 0 saturated carbocycles. The largest absolute Gasteiger partial charge is 0.477 e. The van der Waals surface area contributed by atoms with Crippen molar-refractivity contribution in [2.45, 2.75) is 46.1 Å². The molecule has 0 unspecified atom stereocenters. The fourth-order valence-electron chi connectivity index (χ4n) is 5.59. The second-order valence-corrected chi connectivity index (χ2v) is 10.5. The zero-order chi connectivity index (χ0) is 27.5. The summed E-state index contributed by atoms with van der Waals surface area (Å²) in [6, 6.07) is 6.17. The molecule has 9 nitrogen and oxygen atoms in total. The Morgan fingerprint density at radius 2 is 1.92 bits per heavy atom. The van der Waals surface area contributed by atoms with E-state index in [1.54, 1.807) is 4.68 Å². The Balaban J connectivity index is 1.41. The van der Waals surface area contributed by atoms with Gasteiger partial charge in [0.2, 0.25) is 5.88 Å². The normalized spacial score (nSPS) is 15.6. The summed E-state index contributed by atoms with van der Waals surface area (Å²) in [6.45, 7) is 10.6. The number of para-hydroxylation sites is 1. The quantitative estimate of drug-likeness (QED) is 0.334. The van der Waals surface area contributed by atoms with Gasteiger partial charge < -0.3 is 14.6 Å². The van der Waals surface area contributed by atoms with Crippen molar-refractivity contribution >= 4 is 16.7 Å². The van der Waals surface area contributed by atoms with Crippen molar-refractivity contribution in [2.24, 2.45) is 7.05 Å². The van der Waals surface area contributed by atoms with Gasteiger partial charge in [0.1, 0.15) is 5.82 Å². The van der Waals surface area contributed by atoms with Crippen molar-refractivity contribution in [3.05, 3.63) is 59.3 Å². The molecular weight excluding hydrogens is 490 g/mol. The summed E-state index contributed by atoms with van der Waals surface area (Å²) >= 11 is 0. The van der Waals surface area contributed by atoms with E-state index in [9.17, 15) is 4.79 Å². The molecule has 3 aromatic heterocycles. The van der Waals surface area contributed by atoms with E-state index in [1.807, 2.05) is 45.6 Å². The van der Waals surface area contributed by atoms with Crippen LogP contribution in [0, 0.1) is 6.92 Å². The minimum Gasteiger partial charge on any atom is -0.477 e. The Bertz CT molecular complexity index is 1450. The standard InChI is InChI=1S/C30H39N7O2/c1-6-25(37-13-11-35(4)12-14-37)26(38)15-21-9-8-10-23-24(18-32-29(21)23)28-20(3)17-31-27(33-28)16-22-19-36(5)34-30(22)39-7-2/h8-10,17-19,25,32H,6-7,11-16H2,1-5H3/t25-/m1/s1. The molecule has 39 heavy (non-hydrogen) atoms. The maximum absolute atomic E-state index is 13.5. The van der Waals surface area contributed by atoms with Gasteiger partial charge >= 0.3 is 0 Å². The van der Waals surface area contributed by atoms with Crippen LogP contribution in [0.15, 0.2) is 36.8 Å². The maximum Gasteiger partial charge on any atom is 0.236 e. The van der Waals surface area contributed by atoms with Crippen LogP contribution in [0.2, 0.25) is 0 Å². The fourth-order valence-corrected chi connectivity index (χ4v) is 5.59. The van der Waals surface area contributed by atoms with Crippen LogP contribution in [-0.2, 0) is 24.7 Å². The molecule has 9 heteroatoms. The first kappa shape index (κ1) is 27.0. The van der Waals surface area contributed by atoms with Gasteiger partial charge in [0, 0.05) is 86.7 Å². The summed E-state index contributed by atoms with van der Waals surface area (Å²) in [5.74, 6) is 1.62. The summed E-state index contributed by atoms with van der Waals surface area (Å²) < 4.78 is 7.46. The Labute approximate surface area is 230 Å². The second kappa shape index (κ2) is 11.7. The van der Waals surface area contributed by atoms with Crippen LogP contribution >= 0.6 is 0 Å². The summed E-state index contributed by atoms with van der Waals surface area (Å²) in [7, 11) is 4.03. The highest BCUT2D eigenvalue weighted by molar-refractivity contribution is 5.99. The highest BCUT2D eigenvalue weighted by atomic mass is 16.5. The number of H-pyrrole nitrogens is 1. The predicted octanol–water partition coefficient (Wildman–Crippen LogP) is 3.79. The molecule has 4 heterocycles. The third kappa shape index (κ3) is 5.74. The maximum atomic E-state index is 13.5. The molecule has 1 aliphatic rings. The lowest BCUT2D eigenvalue weighted by Gasteiger charge is -2.37. The summed E-state index contributed by atoms with van der Waals surface area (Å²) in [5.41, 5.74) is 5.89. The van der Waals surface area contributed by atoms with E-state index in [4.69, 9.17) is 9.72 Å². The Kier molecular flexibility index (Phi) is 8.09. The molecule has 0 bridgehead atoms. The average molecular weight is 530 g/mol. The second-order valence-electron chi connectivity index (χ2n) is 10.5. The number of rotatable bonds is 10. The molecule has 1 fully saturated rings. The summed E-state index contributed by atoms with van der Waals surface area (Å²) in [6.07, 6.45) is 7.61. The third-order valence-electron chi connectivity index (χ3n) is 7.68. The van der Waals surface area contributed by atoms with E-state index in [-0.39, 0.29) is 11.8 Å². The summed E-state index contributed by atoms with van der Waals surface area (Å²) in [5, 5.41) is 5.48. The first-order chi connectivity index (χ1) is 18.9. The number of Topliss-reactive ketones (excluding diaryl/α,β-unsaturated/α-hetero) is 1. The van der Waals surface area contributed by atoms with Gasteiger partial charge in [-0.25, -0.2) is 9.97 Å². The molecular formula is C30H39N7O2. The number of carbonyl (C=O) groups is 1. The van der Waals surface area contributed by atoms with E-state index >= 15 is 0 Å². The molecule has 0 amide bonds. The van der Waals surface area contributed by atoms with Gasteiger partial charge in [-0.2, -0.15) is 0 Å². The SMILES string of the molecule is CCOc1nn(C)cc1Cc1ncc(C)c(-c2c[nH]c3c(CC(=O)[C@@H](CC)N4CCN(C)CC4)cccc23)n1. The Morgan fingerprint density at radius 3 is 2.67 bits per heavy atom. The van der Waals surface area contributed by atoms with Crippen LogP contribution in [0.4, 0.5) is 0 Å². The van der Waals surface area contributed by atoms with E-state index in [2.05, 4.69) is 51.0 Å². The third-order valence-corrected chi connectivity index (χ3v) is 7.68. The number of piperazine rings is 1. The van der Waals surface area contributed by atoms with Crippen LogP contribution in [0.3, 0.4) is 0 Å². The molecule has 5 rings (SSSR count). The van der Waals surface area contributed by atoms with Gasteiger partial charge in [-0.3, -0.25) is 14.4 Å². The van der Waals surface area contributed by atoms with Crippen molar-refractivity contribution in [3.63, 3.8) is 0 Å². The number of hydrogen-bond donors (Lipinski definition) is 1. The van der Waals surface area contributed by atoms with Gasteiger partial charge in [-0.1, -0.05) is 25.1 Å². The monoisotopic (exact) mass is 529 g/mol. The average Bonchev–Trinajstić information content (AvgIpc) is 3.50. The van der Waals surface area contributed by atoms with Crippen molar-refractivity contribution in [3.8, 4) is 17.1 Å². The minimum absolute atomic E-state index is 0.0379. The number of fused-ring (bicyclic) bond motifs is 1. The van der Waals surface area contributed by atoms with E-state index in [1.165, 1.54) is 0 Å². The van der Waals surface area contributed by atoms with Gasteiger partial charge in [-0.05, 0) is 38.4 Å². The molecule has 0 radical (unpaired) electrons. The predicted molar refractivity (Wildman–Crippen MR) is 153 cm³/mol. The van der Waals surface area contributed by atoms with Crippen molar-refractivity contribution < 1.29 is 9.53 Å². The number of ether oxygens (including phenoxy) is 1. The molecule has 0 aliphatic carbocycles. The van der Waals surface area contributed by atoms with Crippen molar-refractivity contribution in [2.75, 3.05) is 39.8 Å². The topological polar surface area (TPSA) is 92.2 Å². The zero-order valence-corrected chi connectivity index (χ0v) is 23.7. The van der Waals surface area contributed by atoms with Crippen LogP contribution in [0.5, 0.6) is 5.88 Å². The zero-order valence-electron chi connectivity index (χ0n) is 23.7. The molecule has 1 saturated heterocycles. The van der Waals surface area contributed by atoms with Crippen LogP contribution in [0.25, 0.3) is 22.2 Å². The fraction of sp³-hybridized carbons (Fsp3) is 0.467. The van der Waals surface area contributed by atoms with Gasteiger partial charge in [-0.15, -0.1) is 5.10 Å². The Hall–Kier alpha value is -3.56. The first-order valence-corrected chi connectivity index (χ1v) is 13.9. The molecule has 1 atom stereocenters. The van der Waals surface area contributed by atoms with Crippen molar-refractivity contribution in [1.82, 2.24) is 34.5 Å². The number of aromatic amines is 1. The number of nitrogens with zero attached hydrogens (tertiary/aromatic N) is 6. The van der Waals surface area contributed by atoms with E-state index in [0.717, 1.165) is 71.5 Å². The molecule has 1 aliphatic heterocycles. The highest BCUT2D eigenvalue weighted by Crippen LogP contribution is 2.32. The minimum atomic E-state index is -0.0379. The number of ketones is 1. The molecule has 1 N–H and O–H groups in total. The molecule has 1 aromatic carbocycles. The number of carbonyl (C=O) groups excluding carboxylic acids is 1. The lowest BCUT2D eigenvalue weighted by molar-refractivity contribution is -0.124. The smallest absolute Gasteiger partial charge is 0.236 e. The van der Waals surface area contributed by atoms with Gasteiger partial charge in [0.05, 0.1) is 18.3 Å². The molecule has 0 spiro atoms. The number of hydrogen-bond acceptors (Lipinski definition) is 7. The van der Waals surface area contributed by atoms with Crippen molar-refractivity contribution in [1.29, 1.82) is 0 Å². The number of likely N-dealkylation sites (N-methyl/N-ethyl adjacent to an activating group) is 1. The molecule has 4 aromatic rings.